The van der Waals surface area contributed by atoms with E-state index in [1.807, 2.05) is 42.5 Å². The molecule has 5 nitrogen and oxygen atoms in total. The number of amides is 1. The molecular weight excluding hydrogens is 386 g/mol. The normalized spacial score (nSPS) is 20.1. The number of benzene rings is 2. The molecule has 0 radical (unpaired) electrons. The first kappa shape index (κ1) is 19.4. The van der Waals surface area contributed by atoms with Gasteiger partial charge < -0.3 is 15.1 Å². The molecule has 2 N–H and O–H groups in total. The van der Waals surface area contributed by atoms with E-state index in [1.54, 1.807) is 36.2 Å². The van der Waals surface area contributed by atoms with Gasteiger partial charge in [-0.25, -0.2) is 4.79 Å². The predicted octanol–water partition coefficient (Wildman–Crippen LogP) is 4.16. The highest BCUT2D eigenvalue weighted by Gasteiger charge is 2.43. The van der Waals surface area contributed by atoms with Gasteiger partial charge in [-0.1, -0.05) is 42.5 Å². The lowest BCUT2D eigenvalue weighted by Crippen LogP contribution is -2.36. The molecule has 0 unspecified atom stereocenters. The fourth-order valence-corrected chi connectivity index (χ4v) is 4.99. The lowest BCUT2D eigenvalue weighted by Gasteiger charge is -2.29. The first-order chi connectivity index (χ1) is 14.0. The van der Waals surface area contributed by atoms with Gasteiger partial charge in [0.2, 0.25) is 5.91 Å². The molecule has 2 heterocycles. The first-order valence-corrected chi connectivity index (χ1v) is 10.2. The predicted molar refractivity (Wildman–Crippen MR) is 112 cm³/mol. The summed E-state index contributed by atoms with van der Waals surface area (Å²) in [4.78, 5) is 26.8. The van der Waals surface area contributed by atoms with Gasteiger partial charge in [0.1, 0.15) is 6.10 Å². The van der Waals surface area contributed by atoms with E-state index in [9.17, 15) is 14.7 Å². The van der Waals surface area contributed by atoms with Crippen molar-refractivity contribution >= 4 is 23.2 Å². The molecule has 6 heteroatoms. The average Bonchev–Trinajstić information content (AvgIpc) is 3.34. The molecule has 1 aliphatic rings. The SMILES string of the molecule is CN1C(=O)C[C@H](c2ccccc2)[C@@H]1[C@H](O)c1ccc(-c2ccc(C(=O)O)cc2)s1. The monoisotopic (exact) mass is 407 g/mol. The van der Waals surface area contributed by atoms with E-state index < -0.39 is 12.1 Å². The van der Waals surface area contributed by atoms with Gasteiger partial charge in [0, 0.05) is 29.1 Å². The molecule has 3 aromatic rings. The molecule has 3 atom stereocenters. The summed E-state index contributed by atoms with van der Waals surface area (Å²) in [5, 5.41) is 20.2. The number of hydrogen-bond acceptors (Lipinski definition) is 4. The van der Waals surface area contributed by atoms with Crippen molar-refractivity contribution in [3.05, 3.63) is 82.7 Å². The summed E-state index contributed by atoms with van der Waals surface area (Å²) in [6.07, 6.45) is -0.411. The quantitative estimate of drug-likeness (QED) is 0.666. The van der Waals surface area contributed by atoms with Crippen LogP contribution in [0.5, 0.6) is 0 Å². The van der Waals surface area contributed by atoms with Crippen molar-refractivity contribution in [2.24, 2.45) is 0 Å². The second kappa shape index (κ2) is 7.81. The number of carboxylic acid groups (broad SMARTS) is 1. The molecular formula is C23H21NO4S. The molecule has 1 saturated heterocycles. The number of nitrogens with zero attached hydrogens (tertiary/aromatic N) is 1. The van der Waals surface area contributed by atoms with Gasteiger partial charge in [-0.2, -0.15) is 0 Å². The summed E-state index contributed by atoms with van der Waals surface area (Å²) in [7, 11) is 1.75. The second-order valence-corrected chi connectivity index (χ2v) is 8.36. The van der Waals surface area contributed by atoms with Crippen LogP contribution in [0.15, 0.2) is 66.7 Å². The van der Waals surface area contributed by atoms with Crippen LogP contribution in [0.2, 0.25) is 0 Å². The van der Waals surface area contributed by atoms with E-state index in [-0.39, 0.29) is 23.4 Å². The third kappa shape index (κ3) is 3.69. The number of carbonyl (C=O) groups is 2. The average molecular weight is 407 g/mol. The molecule has 29 heavy (non-hydrogen) atoms. The Bertz CT molecular complexity index is 1030. The molecule has 1 aromatic heterocycles. The molecule has 2 aromatic carbocycles. The summed E-state index contributed by atoms with van der Waals surface area (Å²) in [5.41, 5.74) is 2.19. The Kier molecular flexibility index (Phi) is 5.22. The summed E-state index contributed by atoms with van der Waals surface area (Å²) >= 11 is 1.46. The Morgan fingerprint density at radius 1 is 1.07 bits per heavy atom. The summed E-state index contributed by atoms with van der Waals surface area (Å²) < 4.78 is 0. The fraction of sp³-hybridized carbons (Fsp3) is 0.217. The Morgan fingerprint density at radius 3 is 2.41 bits per heavy atom. The molecule has 0 saturated carbocycles. The maximum atomic E-state index is 12.4. The lowest BCUT2D eigenvalue weighted by atomic mass is 9.88. The number of rotatable bonds is 5. The minimum absolute atomic E-state index is 0.0314. The molecule has 1 fully saturated rings. The number of thiophene rings is 1. The molecule has 0 spiro atoms. The number of hydrogen-bond donors (Lipinski definition) is 2. The Balaban J connectivity index is 1.61. The van der Waals surface area contributed by atoms with E-state index in [2.05, 4.69) is 0 Å². The number of likely N-dealkylation sites (tertiary alicyclic amines) is 1. The van der Waals surface area contributed by atoms with Crippen LogP contribution in [0, 0.1) is 0 Å². The first-order valence-electron chi connectivity index (χ1n) is 9.38. The van der Waals surface area contributed by atoms with Crippen molar-refractivity contribution in [3.63, 3.8) is 0 Å². The van der Waals surface area contributed by atoms with Crippen molar-refractivity contribution in [2.75, 3.05) is 7.05 Å². The van der Waals surface area contributed by atoms with E-state index >= 15 is 0 Å². The third-order valence-electron chi connectivity index (χ3n) is 5.53. The van der Waals surface area contributed by atoms with Gasteiger partial charge in [-0.05, 0) is 35.4 Å². The zero-order valence-corrected chi connectivity index (χ0v) is 16.7. The number of aliphatic hydroxyl groups is 1. The van der Waals surface area contributed by atoms with Crippen molar-refractivity contribution in [2.45, 2.75) is 24.5 Å². The number of aliphatic hydroxyl groups excluding tert-OH is 1. The van der Waals surface area contributed by atoms with Crippen LogP contribution < -0.4 is 0 Å². The van der Waals surface area contributed by atoms with Gasteiger partial charge >= 0.3 is 5.97 Å². The lowest BCUT2D eigenvalue weighted by molar-refractivity contribution is -0.128. The number of carbonyl (C=O) groups excluding carboxylic acids is 1. The van der Waals surface area contributed by atoms with Gasteiger partial charge in [-0.3, -0.25) is 4.79 Å². The number of aromatic carboxylic acids is 1. The number of likely N-dealkylation sites (N-methyl/N-ethyl adjacent to an activating group) is 1. The summed E-state index contributed by atoms with van der Waals surface area (Å²) in [5.74, 6) is -0.993. The van der Waals surface area contributed by atoms with Crippen LogP contribution in [0.1, 0.15) is 39.2 Å². The standard InChI is InChI=1S/C23H21NO4S/c1-24-20(25)13-17(14-5-3-2-4-6-14)21(24)22(26)19-12-11-18(29-19)15-7-9-16(10-8-15)23(27)28/h2-12,17,21-22,26H,13H2,1H3,(H,27,28)/t17-,21-,22-/m1/s1. The van der Waals surface area contributed by atoms with Crippen molar-refractivity contribution in [1.29, 1.82) is 0 Å². The van der Waals surface area contributed by atoms with Crippen LogP contribution in [0.3, 0.4) is 0 Å². The van der Waals surface area contributed by atoms with Crippen molar-refractivity contribution in [3.8, 4) is 10.4 Å². The van der Waals surface area contributed by atoms with Crippen LogP contribution in [-0.2, 0) is 4.79 Å². The van der Waals surface area contributed by atoms with Gasteiger partial charge in [-0.15, -0.1) is 11.3 Å². The van der Waals surface area contributed by atoms with E-state index in [4.69, 9.17) is 5.11 Å². The molecule has 0 bridgehead atoms. The summed E-state index contributed by atoms with van der Waals surface area (Å²) in [6, 6.07) is 20.0. The highest BCUT2D eigenvalue weighted by Crippen LogP contribution is 2.42. The fourth-order valence-electron chi connectivity index (χ4n) is 3.95. The topological polar surface area (TPSA) is 77.8 Å². The smallest absolute Gasteiger partial charge is 0.335 e. The molecule has 4 rings (SSSR count). The van der Waals surface area contributed by atoms with Crippen LogP contribution in [-0.4, -0.2) is 40.1 Å². The molecule has 148 valence electrons. The summed E-state index contributed by atoms with van der Waals surface area (Å²) in [6.45, 7) is 0. The minimum atomic E-state index is -0.959. The van der Waals surface area contributed by atoms with Gasteiger partial charge in [0.15, 0.2) is 0 Å². The zero-order chi connectivity index (χ0) is 20.5. The number of carboxylic acids is 1. The molecule has 1 aliphatic heterocycles. The Labute approximate surface area is 172 Å². The maximum absolute atomic E-state index is 12.4. The maximum Gasteiger partial charge on any atom is 0.335 e. The zero-order valence-electron chi connectivity index (χ0n) is 15.9. The highest BCUT2D eigenvalue weighted by atomic mass is 32.1. The van der Waals surface area contributed by atoms with E-state index in [1.165, 1.54) is 11.3 Å². The second-order valence-electron chi connectivity index (χ2n) is 7.25. The minimum Gasteiger partial charge on any atom is -0.478 e. The van der Waals surface area contributed by atoms with Crippen LogP contribution in [0.25, 0.3) is 10.4 Å². The Hall–Kier alpha value is -2.96. The Morgan fingerprint density at radius 2 is 1.76 bits per heavy atom. The van der Waals surface area contributed by atoms with Gasteiger partial charge in [0.05, 0.1) is 11.6 Å². The molecule has 1 amide bonds. The van der Waals surface area contributed by atoms with Gasteiger partial charge in [0.25, 0.3) is 0 Å². The highest BCUT2D eigenvalue weighted by molar-refractivity contribution is 7.15. The van der Waals surface area contributed by atoms with E-state index in [0.717, 1.165) is 20.9 Å². The largest absolute Gasteiger partial charge is 0.478 e. The van der Waals surface area contributed by atoms with E-state index in [0.29, 0.717) is 6.42 Å². The molecule has 0 aliphatic carbocycles. The third-order valence-corrected chi connectivity index (χ3v) is 6.74. The van der Waals surface area contributed by atoms with Crippen molar-refractivity contribution in [1.82, 2.24) is 4.90 Å². The van der Waals surface area contributed by atoms with Crippen LogP contribution in [0.4, 0.5) is 0 Å². The van der Waals surface area contributed by atoms with Crippen molar-refractivity contribution < 1.29 is 19.8 Å². The van der Waals surface area contributed by atoms with Crippen LogP contribution >= 0.6 is 11.3 Å².